The Morgan fingerprint density at radius 3 is 2.79 bits per heavy atom. The highest BCUT2D eigenvalue weighted by molar-refractivity contribution is 5.79. The van der Waals surface area contributed by atoms with E-state index in [-0.39, 0.29) is 11.5 Å². The maximum Gasteiger partial charge on any atom is 0.416 e. The Morgan fingerprint density at radius 1 is 1.31 bits per heavy atom. The summed E-state index contributed by atoms with van der Waals surface area (Å²) in [5.41, 5.74) is -0.156. The molecule has 1 saturated carbocycles. The molecule has 162 valence electrons. The Labute approximate surface area is 170 Å². The summed E-state index contributed by atoms with van der Waals surface area (Å²) >= 11 is 0. The fraction of sp³-hybridized carbons (Fsp3) is 0.667. The van der Waals surface area contributed by atoms with Gasteiger partial charge in [-0.25, -0.2) is 0 Å². The minimum Gasteiger partial charge on any atom is -0.379 e. The molecule has 1 atom stereocenters. The minimum absolute atomic E-state index is 0.207. The van der Waals surface area contributed by atoms with E-state index in [0.717, 1.165) is 57.0 Å². The van der Waals surface area contributed by atoms with Crippen molar-refractivity contribution in [2.24, 2.45) is 4.99 Å². The van der Waals surface area contributed by atoms with Crippen molar-refractivity contribution in [2.75, 3.05) is 39.5 Å². The minimum atomic E-state index is -4.32. The molecule has 1 aromatic rings. The van der Waals surface area contributed by atoms with E-state index in [4.69, 9.17) is 9.47 Å². The smallest absolute Gasteiger partial charge is 0.379 e. The third-order valence-electron chi connectivity index (χ3n) is 5.39. The van der Waals surface area contributed by atoms with Crippen LogP contribution in [0.1, 0.15) is 43.7 Å². The summed E-state index contributed by atoms with van der Waals surface area (Å²) in [5, 5.41) is 6.48. The van der Waals surface area contributed by atoms with Crippen molar-refractivity contribution < 1.29 is 22.6 Å². The van der Waals surface area contributed by atoms with Crippen LogP contribution in [-0.2, 0) is 21.1 Å². The largest absolute Gasteiger partial charge is 0.416 e. The zero-order chi connectivity index (χ0) is 20.7. The third-order valence-corrected chi connectivity index (χ3v) is 5.39. The van der Waals surface area contributed by atoms with E-state index in [1.165, 1.54) is 12.1 Å². The molecule has 1 aliphatic carbocycles. The molecule has 1 aliphatic heterocycles. The molecule has 2 fully saturated rings. The van der Waals surface area contributed by atoms with Gasteiger partial charge in [0.1, 0.15) is 0 Å². The Bertz CT molecular complexity index is 684. The number of benzene rings is 1. The molecule has 0 amide bonds. The lowest BCUT2D eigenvalue weighted by Crippen LogP contribution is -2.38. The van der Waals surface area contributed by atoms with Crippen molar-refractivity contribution >= 4 is 5.96 Å². The van der Waals surface area contributed by atoms with Crippen LogP contribution in [0, 0.1) is 0 Å². The molecule has 5 nitrogen and oxygen atoms in total. The first-order valence-electron chi connectivity index (χ1n) is 10.3. The van der Waals surface area contributed by atoms with Crippen molar-refractivity contribution in [1.82, 2.24) is 10.6 Å². The number of halogens is 3. The van der Waals surface area contributed by atoms with Gasteiger partial charge >= 0.3 is 6.18 Å². The van der Waals surface area contributed by atoms with Gasteiger partial charge in [0.05, 0.1) is 24.8 Å². The van der Waals surface area contributed by atoms with Crippen molar-refractivity contribution in [3.8, 4) is 0 Å². The number of nitrogens with zero attached hydrogens (tertiary/aromatic N) is 1. The molecule has 0 spiro atoms. The molecule has 3 rings (SSSR count). The second kappa shape index (κ2) is 9.80. The summed E-state index contributed by atoms with van der Waals surface area (Å²) < 4.78 is 50.1. The molecule has 0 bridgehead atoms. The lowest BCUT2D eigenvalue weighted by Gasteiger charge is -2.17. The van der Waals surface area contributed by atoms with Gasteiger partial charge in [0.25, 0.3) is 0 Å². The van der Waals surface area contributed by atoms with E-state index in [9.17, 15) is 13.2 Å². The van der Waals surface area contributed by atoms with E-state index in [2.05, 4.69) is 15.6 Å². The van der Waals surface area contributed by atoms with Gasteiger partial charge in [-0.05, 0) is 44.2 Å². The first kappa shape index (κ1) is 21.9. The van der Waals surface area contributed by atoms with Crippen molar-refractivity contribution in [3.63, 3.8) is 0 Å². The highest BCUT2D eigenvalue weighted by Gasteiger charge is 2.45. The van der Waals surface area contributed by atoms with Crippen LogP contribution in [0.4, 0.5) is 13.2 Å². The SMILES string of the molecule is CCNC(=NCC1(c2cccc(C(F)(F)F)c2)CC1)NCCCOC1CCOC1. The van der Waals surface area contributed by atoms with Crippen LogP contribution in [0.5, 0.6) is 0 Å². The first-order valence-corrected chi connectivity index (χ1v) is 10.3. The molecular formula is C21H30F3N3O2. The Balaban J connectivity index is 1.51. The maximum atomic E-state index is 13.0. The monoisotopic (exact) mass is 413 g/mol. The summed E-state index contributed by atoms with van der Waals surface area (Å²) in [7, 11) is 0. The summed E-state index contributed by atoms with van der Waals surface area (Å²) in [4.78, 5) is 4.64. The summed E-state index contributed by atoms with van der Waals surface area (Å²) in [6, 6.07) is 5.66. The standard InChI is InChI=1S/C21H30F3N3O2/c1-2-25-19(26-10-4-11-29-18-7-12-28-14-18)27-15-20(8-9-20)16-5-3-6-17(13-16)21(22,23)24/h3,5-6,13,18H,2,4,7-12,14-15H2,1H3,(H2,25,26,27). The molecule has 1 unspecified atom stereocenters. The highest BCUT2D eigenvalue weighted by atomic mass is 19.4. The van der Waals surface area contributed by atoms with Crippen molar-refractivity contribution in [2.45, 2.75) is 50.3 Å². The summed E-state index contributed by atoms with van der Waals surface area (Å²) in [5.74, 6) is 0.690. The van der Waals surface area contributed by atoms with Gasteiger partial charge in [-0.1, -0.05) is 18.2 Å². The zero-order valence-corrected chi connectivity index (χ0v) is 16.9. The van der Waals surface area contributed by atoms with Gasteiger partial charge in [0.2, 0.25) is 0 Å². The van der Waals surface area contributed by atoms with E-state index in [0.29, 0.717) is 25.7 Å². The molecule has 1 aromatic carbocycles. The molecule has 0 radical (unpaired) electrons. The molecule has 2 aliphatic rings. The van der Waals surface area contributed by atoms with Gasteiger partial charge < -0.3 is 20.1 Å². The van der Waals surface area contributed by atoms with E-state index < -0.39 is 11.7 Å². The van der Waals surface area contributed by atoms with Crippen LogP contribution in [0.2, 0.25) is 0 Å². The van der Waals surface area contributed by atoms with E-state index in [1.54, 1.807) is 6.07 Å². The van der Waals surface area contributed by atoms with Gasteiger partial charge in [-0.3, -0.25) is 4.99 Å². The molecule has 1 saturated heterocycles. The molecular weight excluding hydrogens is 383 g/mol. The second-order valence-electron chi connectivity index (χ2n) is 7.69. The number of hydrogen-bond donors (Lipinski definition) is 2. The summed E-state index contributed by atoms with van der Waals surface area (Å²) in [6.07, 6.45) is -0.602. The normalized spacial score (nSPS) is 21.2. The molecule has 0 aromatic heterocycles. The number of nitrogens with one attached hydrogen (secondary N) is 2. The van der Waals surface area contributed by atoms with Crippen LogP contribution in [0.25, 0.3) is 0 Å². The van der Waals surface area contributed by atoms with Crippen LogP contribution in [-0.4, -0.2) is 51.5 Å². The van der Waals surface area contributed by atoms with Gasteiger partial charge in [0, 0.05) is 31.7 Å². The van der Waals surface area contributed by atoms with Gasteiger partial charge in [0.15, 0.2) is 5.96 Å². The third kappa shape index (κ3) is 6.34. The lowest BCUT2D eigenvalue weighted by atomic mass is 9.94. The summed E-state index contributed by atoms with van der Waals surface area (Å²) in [6.45, 7) is 6.01. The number of aliphatic imine (C=N–C) groups is 1. The average molecular weight is 413 g/mol. The van der Waals surface area contributed by atoms with E-state index >= 15 is 0 Å². The Hall–Kier alpha value is -1.80. The van der Waals surface area contributed by atoms with Crippen molar-refractivity contribution in [3.05, 3.63) is 35.4 Å². The number of rotatable bonds is 9. The number of alkyl halides is 3. The fourth-order valence-electron chi connectivity index (χ4n) is 3.46. The van der Waals surface area contributed by atoms with Gasteiger partial charge in [-0.2, -0.15) is 13.2 Å². The van der Waals surface area contributed by atoms with Crippen LogP contribution < -0.4 is 10.6 Å². The van der Waals surface area contributed by atoms with E-state index in [1.807, 2.05) is 6.92 Å². The van der Waals surface area contributed by atoms with Gasteiger partial charge in [-0.15, -0.1) is 0 Å². The Kier molecular flexibility index (Phi) is 7.40. The predicted octanol–water partition coefficient (Wildman–Crippen LogP) is 3.49. The van der Waals surface area contributed by atoms with Crippen LogP contribution in [0.15, 0.2) is 29.3 Å². The van der Waals surface area contributed by atoms with Crippen LogP contribution in [0.3, 0.4) is 0 Å². The topological polar surface area (TPSA) is 54.9 Å². The number of ether oxygens (including phenoxy) is 2. The highest BCUT2D eigenvalue weighted by Crippen LogP contribution is 2.49. The zero-order valence-electron chi connectivity index (χ0n) is 16.9. The number of hydrogen-bond acceptors (Lipinski definition) is 3. The molecule has 29 heavy (non-hydrogen) atoms. The first-order chi connectivity index (χ1) is 13.9. The quantitative estimate of drug-likeness (QED) is 0.370. The molecule has 8 heteroatoms. The number of guanidine groups is 1. The predicted molar refractivity (Wildman–Crippen MR) is 106 cm³/mol. The fourth-order valence-corrected chi connectivity index (χ4v) is 3.46. The average Bonchev–Trinajstić information content (AvgIpc) is 3.31. The maximum absolute atomic E-state index is 13.0. The molecule has 1 heterocycles. The lowest BCUT2D eigenvalue weighted by molar-refractivity contribution is -0.137. The van der Waals surface area contributed by atoms with Crippen molar-refractivity contribution in [1.29, 1.82) is 0 Å². The van der Waals surface area contributed by atoms with Crippen LogP contribution >= 0.6 is 0 Å². The Morgan fingerprint density at radius 2 is 2.14 bits per heavy atom. The second-order valence-corrected chi connectivity index (χ2v) is 7.69. The molecule has 2 N–H and O–H groups in total.